The number of nitriles is 1. The fourth-order valence-electron chi connectivity index (χ4n) is 4.13. The van der Waals surface area contributed by atoms with E-state index in [1.54, 1.807) is 11.0 Å². The van der Waals surface area contributed by atoms with Gasteiger partial charge in [-0.15, -0.1) is 0 Å². The number of urea groups is 1. The van der Waals surface area contributed by atoms with Gasteiger partial charge in [0.05, 0.1) is 17.2 Å². The highest BCUT2D eigenvalue weighted by molar-refractivity contribution is 5.88. The Bertz CT molecular complexity index is 1110. The molecule has 0 radical (unpaired) electrons. The van der Waals surface area contributed by atoms with E-state index in [2.05, 4.69) is 10.6 Å². The SMILES string of the molecule is N#Cc1ccc(N2CCN(C(=O)NCCc3ccccc3)C(C(=O)NC3CC3)C2)cc1C(F)(F)F. The topological polar surface area (TPSA) is 88.5 Å². The first kappa shape index (κ1) is 24.4. The zero-order valence-corrected chi connectivity index (χ0v) is 19.0. The third kappa shape index (κ3) is 6.04. The van der Waals surface area contributed by atoms with Crippen molar-refractivity contribution in [1.29, 1.82) is 5.26 Å². The van der Waals surface area contributed by atoms with E-state index in [1.165, 1.54) is 11.0 Å². The van der Waals surface area contributed by atoms with Gasteiger partial charge in [0.2, 0.25) is 5.91 Å². The predicted octanol–water partition coefficient (Wildman–Crippen LogP) is 3.30. The Labute approximate surface area is 201 Å². The third-order valence-corrected chi connectivity index (χ3v) is 6.19. The molecule has 1 saturated carbocycles. The summed E-state index contributed by atoms with van der Waals surface area (Å²) >= 11 is 0. The first-order valence-corrected chi connectivity index (χ1v) is 11.5. The number of benzene rings is 2. The van der Waals surface area contributed by atoms with Gasteiger partial charge in [-0.2, -0.15) is 18.4 Å². The number of piperazine rings is 1. The number of nitrogens with one attached hydrogen (secondary N) is 2. The van der Waals surface area contributed by atoms with Crippen molar-refractivity contribution < 1.29 is 22.8 Å². The van der Waals surface area contributed by atoms with Crippen molar-refractivity contribution in [2.75, 3.05) is 31.1 Å². The van der Waals surface area contributed by atoms with Gasteiger partial charge < -0.3 is 20.4 Å². The molecule has 2 N–H and O–H groups in total. The number of nitrogens with zero attached hydrogens (tertiary/aromatic N) is 3. The van der Waals surface area contributed by atoms with Crippen LogP contribution in [0.15, 0.2) is 48.5 Å². The van der Waals surface area contributed by atoms with Gasteiger partial charge in [0.15, 0.2) is 0 Å². The molecule has 1 atom stereocenters. The van der Waals surface area contributed by atoms with Crippen molar-refractivity contribution in [3.8, 4) is 6.07 Å². The van der Waals surface area contributed by atoms with Crippen molar-refractivity contribution in [3.05, 3.63) is 65.2 Å². The molecule has 184 valence electrons. The van der Waals surface area contributed by atoms with Gasteiger partial charge in [0.25, 0.3) is 0 Å². The van der Waals surface area contributed by atoms with E-state index in [-0.39, 0.29) is 43.3 Å². The fourth-order valence-corrected chi connectivity index (χ4v) is 4.13. The molecule has 0 bridgehead atoms. The van der Waals surface area contributed by atoms with E-state index in [9.17, 15) is 22.8 Å². The number of carbonyl (C=O) groups is 2. The van der Waals surface area contributed by atoms with Crippen molar-refractivity contribution >= 4 is 17.6 Å². The van der Waals surface area contributed by atoms with Crippen LogP contribution in [0.4, 0.5) is 23.7 Å². The monoisotopic (exact) mass is 485 g/mol. The molecule has 7 nitrogen and oxygen atoms in total. The molecule has 0 aromatic heterocycles. The Morgan fingerprint density at radius 3 is 2.49 bits per heavy atom. The molecule has 2 aromatic rings. The van der Waals surface area contributed by atoms with Gasteiger partial charge in [-0.05, 0) is 43.0 Å². The molecule has 0 spiro atoms. The van der Waals surface area contributed by atoms with E-state index >= 15 is 0 Å². The molecule has 2 aliphatic rings. The van der Waals surface area contributed by atoms with Crippen LogP contribution in [0.25, 0.3) is 0 Å². The lowest BCUT2D eigenvalue weighted by atomic mass is 10.0. The number of halogens is 3. The van der Waals surface area contributed by atoms with E-state index in [0.717, 1.165) is 30.5 Å². The first-order valence-electron chi connectivity index (χ1n) is 11.5. The summed E-state index contributed by atoms with van der Waals surface area (Å²) in [4.78, 5) is 29.0. The summed E-state index contributed by atoms with van der Waals surface area (Å²) in [5.41, 5.74) is -0.148. The number of rotatable bonds is 6. The molecule has 35 heavy (non-hydrogen) atoms. The lowest BCUT2D eigenvalue weighted by Crippen LogP contribution is -2.62. The van der Waals surface area contributed by atoms with Crippen LogP contribution in [0.5, 0.6) is 0 Å². The number of hydrogen-bond donors (Lipinski definition) is 2. The number of carbonyl (C=O) groups excluding carboxylic acids is 2. The van der Waals surface area contributed by atoms with Gasteiger partial charge in [0.1, 0.15) is 6.04 Å². The first-order chi connectivity index (χ1) is 16.8. The van der Waals surface area contributed by atoms with Crippen molar-refractivity contribution in [3.63, 3.8) is 0 Å². The molecular weight excluding hydrogens is 459 g/mol. The highest BCUT2D eigenvalue weighted by atomic mass is 19.4. The molecule has 1 heterocycles. The minimum absolute atomic E-state index is 0.0495. The highest BCUT2D eigenvalue weighted by Crippen LogP contribution is 2.35. The Kier molecular flexibility index (Phi) is 7.15. The van der Waals surface area contributed by atoms with E-state index in [4.69, 9.17) is 5.26 Å². The van der Waals surface area contributed by atoms with Crippen LogP contribution in [0.2, 0.25) is 0 Å². The standard InChI is InChI=1S/C25H26F3N5O2/c26-25(27,28)21-14-20(9-6-18(21)15-29)32-12-13-33(22(16-32)23(34)31-19-7-8-19)24(35)30-11-10-17-4-2-1-3-5-17/h1-6,9,14,19,22H,7-8,10-13,16H2,(H,30,35)(H,31,34). The quantitative estimate of drug-likeness (QED) is 0.657. The van der Waals surface area contributed by atoms with E-state index < -0.39 is 23.3 Å². The number of amides is 3. The molecule has 4 rings (SSSR count). The normalized spacial score (nSPS) is 18.1. The summed E-state index contributed by atoms with van der Waals surface area (Å²) in [6.07, 6.45) is -2.30. The van der Waals surface area contributed by atoms with Gasteiger partial charge >= 0.3 is 12.2 Å². The maximum atomic E-state index is 13.5. The second kappa shape index (κ2) is 10.3. The summed E-state index contributed by atoms with van der Waals surface area (Å²) in [6, 6.07) is 13.6. The van der Waals surface area contributed by atoms with Crippen LogP contribution in [-0.4, -0.2) is 55.1 Å². The molecule has 3 amide bonds. The lowest BCUT2D eigenvalue weighted by Gasteiger charge is -2.41. The predicted molar refractivity (Wildman–Crippen MR) is 124 cm³/mol. The van der Waals surface area contributed by atoms with E-state index in [1.807, 2.05) is 30.3 Å². The third-order valence-electron chi connectivity index (χ3n) is 6.19. The van der Waals surface area contributed by atoms with Crippen LogP contribution in [0, 0.1) is 11.3 Å². The number of hydrogen-bond acceptors (Lipinski definition) is 4. The second-order valence-electron chi connectivity index (χ2n) is 8.75. The number of anilines is 1. The van der Waals surface area contributed by atoms with Crippen LogP contribution in [0.1, 0.15) is 29.5 Å². The highest BCUT2D eigenvalue weighted by Gasteiger charge is 2.39. The lowest BCUT2D eigenvalue weighted by molar-refractivity contribution is -0.137. The van der Waals surface area contributed by atoms with Crippen molar-refractivity contribution in [2.45, 2.75) is 37.5 Å². The van der Waals surface area contributed by atoms with E-state index in [0.29, 0.717) is 13.0 Å². The van der Waals surface area contributed by atoms with Crippen LogP contribution in [-0.2, 0) is 17.4 Å². The van der Waals surface area contributed by atoms with Crippen LogP contribution < -0.4 is 15.5 Å². The average molecular weight is 486 g/mol. The average Bonchev–Trinajstić information content (AvgIpc) is 3.67. The summed E-state index contributed by atoms with van der Waals surface area (Å²) < 4.78 is 40.4. The summed E-state index contributed by atoms with van der Waals surface area (Å²) in [5, 5.41) is 14.8. The molecule has 1 aliphatic heterocycles. The Balaban J connectivity index is 1.48. The zero-order chi connectivity index (χ0) is 25.0. The molecule has 2 fully saturated rings. The van der Waals surface area contributed by atoms with Crippen LogP contribution in [0.3, 0.4) is 0 Å². The van der Waals surface area contributed by atoms with Gasteiger partial charge in [0, 0.05) is 37.9 Å². The molecule has 10 heteroatoms. The van der Waals surface area contributed by atoms with Crippen LogP contribution >= 0.6 is 0 Å². The largest absolute Gasteiger partial charge is 0.417 e. The summed E-state index contributed by atoms with van der Waals surface area (Å²) in [6.45, 7) is 0.863. The smallest absolute Gasteiger partial charge is 0.367 e. The van der Waals surface area contributed by atoms with Gasteiger partial charge in [-0.3, -0.25) is 4.79 Å². The molecule has 1 aliphatic carbocycles. The minimum atomic E-state index is -4.68. The van der Waals surface area contributed by atoms with Crippen molar-refractivity contribution in [2.24, 2.45) is 0 Å². The zero-order valence-electron chi connectivity index (χ0n) is 19.0. The maximum Gasteiger partial charge on any atom is 0.417 e. The number of alkyl halides is 3. The summed E-state index contributed by atoms with van der Waals surface area (Å²) in [5.74, 6) is -0.319. The molecule has 1 unspecified atom stereocenters. The minimum Gasteiger partial charge on any atom is -0.367 e. The Morgan fingerprint density at radius 1 is 1.09 bits per heavy atom. The Hall–Kier alpha value is -3.74. The Morgan fingerprint density at radius 2 is 1.83 bits per heavy atom. The second-order valence-corrected chi connectivity index (χ2v) is 8.75. The molecule has 1 saturated heterocycles. The molecule has 2 aromatic carbocycles. The molecular formula is C25H26F3N5O2. The van der Waals surface area contributed by atoms with Gasteiger partial charge in [-0.25, -0.2) is 4.79 Å². The van der Waals surface area contributed by atoms with Gasteiger partial charge in [-0.1, -0.05) is 30.3 Å². The maximum absolute atomic E-state index is 13.5. The fraction of sp³-hybridized carbons (Fsp3) is 0.400. The summed E-state index contributed by atoms with van der Waals surface area (Å²) in [7, 11) is 0. The van der Waals surface area contributed by atoms with Crippen molar-refractivity contribution in [1.82, 2.24) is 15.5 Å².